The van der Waals surface area contributed by atoms with Crippen LogP contribution < -0.4 is 10.6 Å². The topological polar surface area (TPSA) is 100.0 Å². The molecule has 7 nitrogen and oxygen atoms in total. The van der Waals surface area contributed by atoms with E-state index in [0.717, 1.165) is 35.4 Å². The molecule has 2 N–H and O–H groups in total. The maximum Gasteiger partial charge on any atom is 0.250 e. The Morgan fingerprint density at radius 2 is 1.97 bits per heavy atom. The third kappa shape index (κ3) is 3.22. The number of sulfone groups is 1. The molecule has 32 heavy (non-hydrogen) atoms. The van der Waals surface area contributed by atoms with E-state index in [1.165, 1.54) is 0 Å². The van der Waals surface area contributed by atoms with E-state index in [-0.39, 0.29) is 29.3 Å². The fourth-order valence-corrected chi connectivity index (χ4v) is 7.31. The first-order chi connectivity index (χ1) is 15.1. The molecule has 4 aliphatic rings. The molecule has 170 valence electrons. The second-order valence-corrected chi connectivity index (χ2v) is 12.2. The number of benzene rings is 1. The summed E-state index contributed by atoms with van der Waals surface area (Å²) in [5.74, 6) is 0.335. The molecule has 0 radical (unpaired) electrons. The zero-order valence-corrected chi connectivity index (χ0v) is 19.8. The van der Waals surface area contributed by atoms with Crippen LogP contribution in [-0.4, -0.2) is 31.8 Å². The maximum atomic E-state index is 13.5. The molecule has 0 saturated heterocycles. The molecule has 3 aliphatic heterocycles. The van der Waals surface area contributed by atoms with Crippen LogP contribution in [0, 0.1) is 5.92 Å². The highest BCUT2D eigenvalue weighted by atomic mass is 32.2. The molecule has 2 unspecified atom stereocenters. The molecule has 5 rings (SSSR count). The number of fused-ring (bicyclic) bond motifs is 1. The highest BCUT2D eigenvalue weighted by Crippen LogP contribution is 2.52. The largest absolute Gasteiger partial charge is 0.362 e. The zero-order chi connectivity index (χ0) is 22.9. The predicted octanol–water partition coefficient (Wildman–Crippen LogP) is 3.74. The zero-order valence-electron chi connectivity index (χ0n) is 19.0. The smallest absolute Gasteiger partial charge is 0.250 e. The minimum Gasteiger partial charge on any atom is -0.362 e. The van der Waals surface area contributed by atoms with Crippen molar-refractivity contribution in [1.82, 2.24) is 10.6 Å². The van der Waals surface area contributed by atoms with Crippen molar-refractivity contribution in [2.24, 2.45) is 16.1 Å². The van der Waals surface area contributed by atoms with E-state index >= 15 is 0 Å². The van der Waals surface area contributed by atoms with E-state index in [2.05, 4.69) is 20.9 Å². The van der Waals surface area contributed by atoms with Crippen molar-refractivity contribution in [2.75, 3.05) is 5.75 Å². The lowest BCUT2D eigenvalue weighted by molar-refractivity contribution is -0.120. The number of allylic oxidation sites excluding steroid dienone is 1. The summed E-state index contributed by atoms with van der Waals surface area (Å²) in [6, 6.07) is 7.19. The van der Waals surface area contributed by atoms with Crippen LogP contribution in [0.25, 0.3) is 0 Å². The van der Waals surface area contributed by atoms with Gasteiger partial charge in [-0.3, -0.25) is 4.79 Å². The summed E-state index contributed by atoms with van der Waals surface area (Å²) in [7, 11) is -3.39. The molecular weight excluding hydrogens is 424 g/mol. The normalized spacial score (nSPS) is 28.9. The molecule has 0 spiro atoms. The molecule has 1 aromatic carbocycles. The number of nitrogens with one attached hydrogen (secondary N) is 2. The monoisotopic (exact) mass is 454 g/mol. The summed E-state index contributed by atoms with van der Waals surface area (Å²) >= 11 is 0. The Morgan fingerprint density at radius 1 is 1.22 bits per heavy atom. The number of hydrogen-bond donors (Lipinski definition) is 2. The van der Waals surface area contributed by atoms with Crippen molar-refractivity contribution < 1.29 is 13.2 Å². The van der Waals surface area contributed by atoms with Gasteiger partial charge >= 0.3 is 0 Å². The van der Waals surface area contributed by atoms with Crippen LogP contribution in [0.1, 0.15) is 58.9 Å². The van der Waals surface area contributed by atoms with Gasteiger partial charge in [0.05, 0.1) is 27.3 Å². The fourth-order valence-electron chi connectivity index (χ4n) is 5.57. The van der Waals surface area contributed by atoms with Crippen LogP contribution >= 0.6 is 0 Å². The third-order valence-electron chi connectivity index (χ3n) is 7.15. The molecule has 1 aliphatic carbocycles. The highest BCUT2D eigenvalue weighted by Gasteiger charge is 2.54. The van der Waals surface area contributed by atoms with Crippen molar-refractivity contribution in [3.05, 3.63) is 52.4 Å². The number of hydrogen-bond acceptors (Lipinski definition) is 6. The highest BCUT2D eigenvalue weighted by molar-refractivity contribution is 7.91. The lowest BCUT2D eigenvalue weighted by Gasteiger charge is -2.48. The molecule has 1 saturated carbocycles. The minimum absolute atomic E-state index is 0.123. The second-order valence-electron chi connectivity index (χ2n) is 10.1. The van der Waals surface area contributed by atoms with Gasteiger partial charge in [0.2, 0.25) is 0 Å². The Balaban J connectivity index is 1.73. The van der Waals surface area contributed by atoms with Gasteiger partial charge in [-0.1, -0.05) is 19.1 Å². The van der Waals surface area contributed by atoms with Crippen molar-refractivity contribution in [3.8, 4) is 0 Å². The van der Waals surface area contributed by atoms with E-state index in [9.17, 15) is 13.2 Å². The average molecular weight is 455 g/mol. The average Bonchev–Trinajstić information content (AvgIpc) is 3.45. The van der Waals surface area contributed by atoms with E-state index in [1.54, 1.807) is 18.2 Å². The molecular formula is C24H30N4O3S. The Labute approximate surface area is 189 Å². The summed E-state index contributed by atoms with van der Waals surface area (Å²) in [5, 5.41) is 15.4. The summed E-state index contributed by atoms with van der Waals surface area (Å²) in [4.78, 5) is 13.8. The van der Waals surface area contributed by atoms with Gasteiger partial charge in [0.1, 0.15) is 0 Å². The number of rotatable bonds is 5. The lowest BCUT2D eigenvalue weighted by Crippen LogP contribution is -2.58. The van der Waals surface area contributed by atoms with Gasteiger partial charge < -0.3 is 10.6 Å². The fraction of sp³-hybridized carbons (Fsp3) is 0.542. The second kappa shape index (κ2) is 7.01. The molecule has 2 atom stereocenters. The molecule has 3 heterocycles. The van der Waals surface area contributed by atoms with Gasteiger partial charge in [0.15, 0.2) is 16.0 Å². The van der Waals surface area contributed by atoms with Gasteiger partial charge in [-0.15, -0.1) is 0 Å². The Bertz CT molecular complexity index is 1210. The third-order valence-corrected chi connectivity index (χ3v) is 9.03. The molecule has 1 aromatic rings. The first kappa shape index (κ1) is 21.4. The van der Waals surface area contributed by atoms with Gasteiger partial charge in [-0.2, -0.15) is 10.2 Å². The van der Waals surface area contributed by atoms with E-state index in [4.69, 9.17) is 0 Å². The predicted molar refractivity (Wildman–Crippen MR) is 122 cm³/mol. The van der Waals surface area contributed by atoms with Gasteiger partial charge in [0, 0.05) is 23.2 Å². The molecule has 1 fully saturated rings. The van der Waals surface area contributed by atoms with E-state index < -0.39 is 15.3 Å². The Kier molecular flexibility index (Phi) is 4.68. The first-order valence-electron chi connectivity index (χ1n) is 11.4. The minimum atomic E-state index is -3.39. The van der Waals surface area contributed by atoms with Crippen molar-refractivity contribution >= 4 is 15.7 Å². The number of carbonyl (C=O) groups is 1. The van der Waals surface area contributed by atoms with Crippen LogP contribution in [0.15, 0.2) is 61.9 Å². The SMILES string of the molecule is CCC1(c2cccc(S(=O)(=O)CC3CC3)c2)C2=C(CC(C)(C)NC2=O)NC2N=NC(C)=C21. The Hall–Kier alpha value is -2.48. The van der Waals surface area contributed by atoms with E-state index in [1.807, 2.05) is 33.8 Å². The van der Waals surface area contributed by atoms with Crippen LogP contribution in [-0.2, 0) is 20.0 Å². The summed E-state index contributed by atoms with van der Waals surface area (Å²) < 4.78 is 26.2. The van der Waals surface area contributed by atoms with Crippen molar-refractivity contribution in [1.29, 1.82) is 0 Å². The van der Waals surface area contributed by atoms with Crippen LogP contribution in [0.5, 0.6) is 0 Å². The molecule has 1 amide bonds. The standard InChI is InChI=1S/C24H30N4O3S/c1-5-24(16-7-6-8-17(11-16)32(30,31)13-15-9-10-15)19-14(2)27-28-21(19)25-18-12-23(3,4)26-22(29)20(18)24/h6-8,11,15,21,25H,5,9-10,12-13H2,1-4H3,(H,26,29). The van der Waals surface area contributed by atoms with Gasteiger partial charge in [0.25, 0.3) is 5.91 Å². The maximum absolute atomic E-state index is 13.5. The number of carbonyl (C=O) groups excluding carboxylic acids is 1. The Morgan fingerprint density at radius 3 is 2.66 bits per heavy atom. The molecule has 0 bridgehead atoms. The van der Waals surface area contributed by atoms with Gasteiger partial charge in [-0.25, -0.2) is 8.42 Å². The van der Waals surface area contributed by atoms with Crippen molar-refractivity contribution in [3.63, 3.8) is 0 Å². The quantitative estimate of drug-likeness (QED) is 0.708. The van der Waals surface area contributed by atoms with E-state index in [0.29, 0.717) is 23.3 Å². The number of nitrogens with zero attached hydrogens (tertiary/aromatic N) is 2. The lowest BCUT2D eigenvalue weighted by atomic mass is 9.61. The van der Waals surface area contributed by atoms with Crippen LogP contribution in [0.3, 0.4) is 0 Å². The van der Waals surface area contributed by atoms with Gasteiger partial charge in [-0.05, 0) is 63.6 Å². The number of amides is 1. The summed E-state index contributed by atoms with van der Waals surface area (Å²) in [5.41, 5.74) is 2.88. The van der Waals surface area contributed by atoms with Crippen molar-refractivity contribution in [2.45, 2.75) is 75.4 Å². The summed E-state index contributed by atoms with van der Waals surface area (Å²) in [6.45, 7) is 7.96. The summed E-state index contributed by atoms with van der Waals surface area (Å²) in [6.07, 6.45) is 2.86. The molecule has 8 heteroatoms. The van der Waals surface area contributed by atoms with Crippen LogP contribution in [0.4, 0.5) is 0 Å². The molecule has 0 aromatic heterocycles. The number of azo groups is 1. The van der Waals surface area contributed by atoms with Crippen LogP contribution in [0.2, 0.25) is 0 Å². The first-order valence-corrected chi connectivity index (χ1v) is 13.0.